The van der Waals surface area contributed by atoms with Gasteiger partial charge in [-0.25, -0.2) is 0 Å². The van der Waals surface area contributed by atoms with Crippen LogP contribution in [0.1, 0.15) is 372 Å². The fourth-order valence-corrected chi connectivity index (χ4v) is 33.4. The van der Waals surface area contributed by atoms with Gasteiger partial charge in [-0.3, -0.25) is 19.2 Å². The van der Waals surface area contributed by atoms with E-state index in [1.165, 1.54) is 279 Å². The van der Waals surface area contributed by atoms with Crippen LogP contribution in [0.5, 0.6) is 0 Å². The quantitative estimate of drug-likeness (QED) is 0.0995. The number of Topliss-reactive ketones (excluding diaryl/α,β-unsaturated/α-hetero) is 4. The summed E-state index contributed by atoms with van der Waals surface area (Å²) in [5.74, 6) is 10.2. The van der Waals surface area contributed by atoms with Gasteiger partial charge < -0.3 is 0 Å². The van der Waals surface area contributed by atoms with Gasteiger partial charge in [0.2, 0.25) is 0 Å². The molecular formula is C104H144O4. The van der Waals surface area contributed by atoms with Crippen LogP contribution in [0.4, 0.5) is 0 Å². The summed E-state index contributed by atoms with van der Waals surface area (Å²) in [6.45, 7) is 14.5. The lowest BCUT2D eigenvalue weighted by molar-refractivity contribution is -0.162. The summed E-state index contributed by atoms with van der Waals surface area (Å²) in [6, 6.07) is 45.0. The van der Waals surface area contributed by atoms with Crippen molar-refractivity contribution in [3.8, 4) is 0 Å². The minimum atomic E-state index is -0.00687. The molecule has 24 rings (SSSR count). The molecule has 16 bridgehead atoms. The Morgan fingerprint density at radius 2 is 0.537 bits per heavy atom. The summed E-state index contributed by atoms with van der Waals surface area (Å²) in [6.07, 6.45) is 60.0. The molecule has 0 N–H and O–H groups in total. The Balaban J connectivity index is 0.000000105. The number of hydrogen-bond acceptors (Lipinski definition) is 4. The highest BCUT2D eigenvalue weighted by atomic mass is 16.1. The summed E-state index contributed by atoms with van der Waals surface area (Å²) in [5, 5.41) is 0. The van der Waals surface area contributed by atoms with Crippen molar-refractivity contribution in [1.82, 2.24) is 0 Å². The maximum Gasteiger partial charge on any atom is 0.139 e. The second kappa shape index (κ2) is 29.4. The summed E-state index contributed by atoms with van der Waals surface area (Å²) in [7, 11) is 0. The van der Waals surface area contributed by atoms with Gasteiger partial charge in [-0.05, 0) is 305 Å². The van der Waals surface area contributed by atoms with E-state index in [9.17, 15) is 19.2 Å². The lowest BCUT2D eigenvalue weighted by Gasteiger charge is -2.66. The molecule has 20 aliphatic rings. The molecule has 4 heteroatoms. The third-order valence-electron chi connectivity index (χ3n) is 36.1. The number of rotatable bonds is 18. The summed E-state index contributed by atoms with van der Waals surface area (Å²) < 4.78 is 0. The first-order valence-electron chi connectivity index (χ1n) is 46.3. The van der Waals surface area contributed by atoms with Crippen molar-refractivity contribution in [2.45, 2.75) is 371 Å². The van der Waals surface area contributed by atoms with Gasteiger partial charge in [-0.15, -0.1) is 0 Å². The number of hydrogen-bond donors (Lipinski definition) is 0. The van der Waals surface area contributed by atoms with E-state index < -0.39 is 0 Å². The maximum absolute atomic E-state index is 13.9. The Hall–Kier alpha value is -4.44. The first-order chi connectivity index (χ1) is 52.0. The van der Waals surface area contributed by atoms with Crippen LogP contribution >= 0.6 is 0 Å². The number of ketones is 4. The molecule has 0 saturated heterocycles. The molecule has 20 fully saturated rings. The van der Waals surface area contributed by atoms with Gasteiger partial charge in [0.25, 0.3) is 0 Å². The van der Waals surface area contributed by atoms with Gasteiger partial charge in [0.05, 0.1) is 0 Å². The minimum absolute atomic E-state index is 0.00144. The Kier molecular flexibility index (Phi) is 20.8. The van der Waals surface area contributed by atoms with E-state index in [1.807, 2.05) is 0 Å². The third-order valence-corrected chi connectivity index (χ3v) is 36.1. The van der Waals surface area contributed by atoms with E-state index in [4.69, 9.17) is 0 Å². The van der Waals surface area contributed by atoms with E-state index >= 15 is 0 Å². The van der Waals surface area contributed by atoms with Crippen molar-refractivity contribution < 1.29 is 19.2 Å². The predicted molar refractivity (Wildman–Crippen MR) is 443 cm³/mol. The number of carbonyl (C=O) groups excluding carboxylic acids is 4. The molecule has 4 aromatic rings. The molecule has 16 atom stereocenters. The van der Waals surface area contributed by atoms with Crippen LogP contribution in [-0.4, -0.2) is 23.1 Å². The summed E-state index contributed by atoms with van der Waals surface area (Å²) >= 11 is 0. The van der Waals surface area contributed by atoms with Crippen LogP contribution in [0, 0.1) is 102 Å². The molecule has 108 heavy (non-hydrogen) atoms. The Morgan fingerprint density at radius 1 is 0.278 bits per heavy atom. The third kappa shape index (κ3) is 14.6. The number of benzene rings is 4. The monoisotopic (exact) mass is 1460 g/mol. The first-order valence-corrected chi connectivity index (χ1v) is 46.3. The second-order valence-electron chi connectivity index (χ2n) is 44.8. The normalized spacial score (nSPS) is 43.4. The van der Waals surface area contributed by atoms with E-state index in [0.717, 1.165) is 86.9 Å². The highest BCUT2D eigenvalue weighted by Crippen LogP contribution is 2.76. The van der Waals surface area contributed by atoms with Crippen molar-refractivity contribution in [3.05, 3.63) is 144 Å². The van der Waals surface area contributed by atoms with E-state index in [0.29, 0.717) is 68.5 Å². The first kappa shape index (κ1) is 76.2. The molecule has 20 aliphatic carbocycles. The van der Waals surface area contributed by atoms with E-state index in [2.05, 4.69) is 163 Å². The van der Waals surface area contributed by atoms with Crippen LogP contribution in [0.3, 0.4) is 0 Å². The second-order valence-corrected chi connectivity index (χ2v) is 44.8. The van der Waals surface area contributed by atoms with E-state index in [-0.39, 0.29) is 43.3 Å². The van der Waals surface area contributed by atoms with Crippen LogP contribution < -0.4 is 0 Å². The molecule has 0 amide bonds. The molecule has 4 aromatic carbocycles. The summed E-state index contributed by atoms with van der Waals surface area (Å²) in [5.41, 5.74) is 8.80. The van der Waals surface area contributed by atoms with Crippen molar-refractivity contribution in [3.63, 3.8) is 0 Å². The largest absolute Gasteiger partial charge is 0.299 e. The van der Waals surface area contributed by atoms with E-state index in [1.54, 1.807) is 0 Å². The lowest BCUT2D eigenvalue weighted by Crippen LogP contribution is -2.61. The molecule has 0 aliphatic heterocycles. The van der Waals surface area contributed by atoms with Gasteiger partial charge in [0.15, 0.2) is 0 Å². The molecule has 4 nitrogen and oxygen atoms in total. The molecule has 0 spiro atoms. The topological polar surface area (TPSA) is 68.3 Å². The highest BCUT2D eigenvalue weighted by molar-refractivity contribution is 5.88. The molecule has 584 valence electrons. The molecule has 0 heterocycles. The SMILES string of the molecule is CC12CC3CC(C(=O)CC4CCCCC4)(C1)CC(c1ccccc1)(C3)C2.CC1CCC(CC(=O)C23CC4CC(C)(C2)CC(c2ccccc2)(C4)C3)CC1.CCC12CC3CC(C(=O)CC4CCC(C)CC4)(C1)CC(c1ccccc1)(C3)C2.CCC12CC3CC(C(=O)CC4CCCCC4)(C1)CC(c1ccccc1)(C3)C2. The van der Waals surface area contributed by atoms with Gasteiger partial charge >= 0.3 is 0 Å². The Labute approximate surface area is 655 Å². The van der Waals surface area contributed by atoms with Gasteiger partial charge in [0, 0.05) is 47.3 Å². The predicted octanol–water partition coefficient (Wildman–Crippen LogP) is 27.1. The minimum Gasteiger partial charge on any atom is -0.299 e. The molecular weight excluding hydrogens is 1310 g/mol. The molecule has 16 unspecified atom stereocenters. The molecule has 20 saturated carbocycles. The van der Waals surface area contributed by atoms with Gasteiger partial charge in [0.1, 0.15) is 23.1 Å². The Morgan fingerprint density at radius 3 is 0.815 bits per heavy atom. The average molecular weight is 1460 g/mol. The smallest absolute Gasteiger partial charge is 0.139 e. The van der Waals surface area contributed by atoms with Crippen LogP contribution in [-0.2, 0) is 40.8 Å². The zero-order valence-electron chi connectivity index (χ0n) is 68.9. The fraction of sp³-hybridized carbons (Fsp3) is 0.731. The summed E-state index contributed by atoms with van der Waals surface area (Å²) in [4.78, 5) is 55.1. The van der Waals surface area contributed by atoms with Crippen molar-refractivity contribution in [2.24, 2.45) is 102 Å². The number of carbonyl (C=O) groups is 4. The van der Waals surface area contributed by atoms with Crippen molar-refractivity contribution in [1.29, 1.82) is 0 Å². The lowest BCUT2D eigenvalue weighted by atomic mass is 9.37. The molecule has 0 aromatic heterocycles. The average Bonchev–Trinajstić information content (AvgIpc) is 0.708. The Bertz CT molecular complexity index is 3830. The van der Waals surface area contributed by atoms with Crippen molar-refractivity contribution in [2.75, 3.05) is 0 Å². The maximum atomic E-state index is 13.9. The van der Waals surface area contributed by atoms with Crippen LogP contribution in [0.25, 0.3) is 0 Å². The van der Waals surface area contributed by atoms with Gasteiger partial charge in [-0.2, -0.15) is 0 Å². The fourth-order valence-electron chi connectivity index (χ4n) is 33.4. The van der Waals surface area contributed by atoms with Gasteiger partial charge in [-0.1, -0.05) is 266 Å². The van der Waals surface area contributed by atoms with Crippen LogP contribution in [0.2, 0.25) is 0 Å². The zero-order valence-corrected chi connectivity index (χ0v) is 68.9. The zero-order chi connectivity index (χ0) is 74.5. The molecule has 0 radical (unpaired) electrons. The van der Waals surface area contributed by atoms with Crippen LogP contribution in [0.15, 0.2) is 121 Å². The standard InChI is InChI=1S/C27H38O.2C26H36O.C25H34O/c1-3-25-14-22-15-26(17-25,23-7-5-4-6-8-23)19-27(16-22,18-25)24(28)13-21-11-9-20(2)10-12-21;1-19-8-10-20(11-9-19)12-23(27)26-15-21-13-24(2,17-26)16-25(14-21,18-26)22-6-4-3-5-7-22;1-2-24-14-21-15-25(17-24,22-11-7-4-8-12-22)19-26(16-21,18-24)23(27)13-20-9-5-3-6-10-20;1-23-13-20-14-24(16-23,21-10-6-3-7-11-21)18-25(15-20,17-23)22(26)12-19-8-4-2-5-9-19/h4-8,20-22H,3,9-19H2,1-2H3;3-7,19-21H,8-18H2,1-2H3;4,7-8,11-12,20-21H,2-3,5-6,9-10,13-19H2,1H3;3,6-7,10-11,19-20H,2,4-5,8-9,12-18H2,1H3. The highest BCUT2D eigenvalue weighted by Gasteiger charge is 2.69. The van der Waals surface area contributed by atoms with Crippen molar-refractivity contribution >= 4 is 23.1 Å².